The summed E-state index contributed by atoms with van der Waals surface area (Å²) in [6, 6.07) is 23.5. The Bertz CT molecular complexity index is 1640. The van der Waals surface area contributed by atoms with E-state index in [9.17, 15) is 18.0 Å². The monoisotopic (exact) mass is 572 g/mol. The van der Waals surface area contributed by atoms with E-state index in [0.29, 0.717) is 38.4 Å². The van der Waals surface area contributed by atoms with Gasteiger partial charge in [0.15, 0.2) is 0 Å². The van der Waals surface area contributed by atoms with Gasteiger partial charge in [-0.1, -0.05) is 78.9 Å². The minimum absolute atomic E-state index is 0.0270. The van der Waals surface area contributed by atoms with Crippen LogP contribution >= 0.6 is 0 Å². The molecule has 1 N–H and O–H groups in total. The van der Waals surface area contributed by atoms with Crippen LogP contribution in [-0.4, -0.2) is 67.0 Å². The van der Waals surface area contributed by atoms with Gasteiger partial charge in [-0.3, -0.25) is 19.0 Å². The molecule has 10 heteroatoms. The van der Waals surface area contributed by atoms with Gasteiger partial charge in [0, 0.05) is 19.3 Å². The molecule has 41 heavy (non-hydrogen) atoms. The Labute approximate surface area is 239 Å². The first-order valence-electron chi connectivity index (χ1n) is 13.5. The van der Waals surface area contributed by atoms with E-state index in [1.54, 1.807) is 28.1 Å². The number of hydrogen-bond acceptors (Lipinski definition) is 6. The molecule has 0 aliphatic carbocycles. The third-order valence-corrected chi connectivity index (χ3v) is 8.05. The highest BCUT2D eigenvalue weighted by Gasteiger charge is 2.34. The highest BCUT2D eigenvalue weighted by Crippen LogP contribution is 2.17. The number of nitrogens with one attached hydrogen (secondary N) is 1. The van der Waals surface area contributed by atoms with Gasteiger partial charge >= 0.3 is 0 Å². The molecule has 9 nitrogen and oxygen atoms in total. The van der Waals surface area contributed by atoms with Gasteiger partial charge in [0.1, 0.15) is 5.92 Å². The van der Waals surface area contributed by atoms with E-state index in [2.05, 4.69) is 9.82 Å². The van der Waals surface area contributed by atoms with Crippen molar-refractivity contribution in [3.8, 4) is 0 Å². The van der Waals surface area contributed by atoms with E-state index >= 15 is 0 Å². The zero-order valence-corrected chi connectivity index (χ0v) is 23.4. The molecule has 0 saturated carbocycles. The fourth-order valence-electron chi connectivity index (χ4n) is 4.79. The molecule has 3 aromatic carbocycles. The smallest absolute Gasteiger partial charge is 0.246 e. The van der Waals surface area contributed by atoms with Gasteiger partial charge in [0.2, 0.25) is 21.8 Å². The molecule has 2 amide bonds. The van der Waals surface area contributed by atoms with Crippen LogP contribution in [0.4, 0.5) is 0 Å². The number of fused-ring (bicyclic) bond motifs is 1. The molecule has 0 radical (unpaired) electrons. The molecule has 1 aliphatic heterocycles. The Morgan fingerprint density at radius 1 is 0.951 bits per heavy atom. The fourth-order valence-corrected chi connectivity index (χ4v) is 5.67. The van der Waals surface area contributed by atoms with Crippen LogP contribution in [0, 0.1) is 5.92 Å². The average molecular weight is 573 g/mol. The number of hydrogen-bond donors (Lipinski definition) is 1. The second-order valence-corrected chi connectivity index (χ2v) is 11.7. The largest absolute Gasteiger partial charge is 0.378 e. The topological polar surface area (TPSA) is 111 Å². The highest BCUT2D eigenvalue weighted by molar-refractivity contribution is 7.90. The zero-order chi connectivity index (χ0) is 28.7. The van der Waals surface area contributed by atoms with Crippen molar-refractivity contribution in [2.45, 2.75) is 13.0 Å². The van der Waals surface area contributed by atoms with Crippen molar-refractivity contribution in [1.29, 1.82) is 0 Å². The first-order chi connectivity index (χ1) is 19.9. The number of morpholine rings is 1. The van der Waals surface area contributed by atoms with E-state index in [4.69, 9.17) is 4.74 Å². The third-order valence-electron chi connectivity index (χ3n) is 6.91. The Hall–Kier alpha value is -4.28. The Balaban J connectivity index is 1.27. The molecule has 1 fully saturated rings. The number of amides is 2. The average Bonchev–Trinajstić information content (AvgIpc) is 3.42. The maximum absolute atomic E-state index is 13.4. The SMILES string of the molecule is O=C(NS(=O)(=O)CC=Cc1ccc2ccccc2c1)C(Cc1cnn(Cc2ccccc2)c1)C(=O)N1CCOCC1. The van der Waals surface area contributed by atoms with Crippen LogP contribution in [-0.2, 0) is 37.3 Å². The minimum atomic E-state index is -4.03. The summed E-state index contributed by atoms with van der Waals surface area (Å²) < 4.78 is 34.9. The van der Waals surface area contributed by atoms with Gasteiger partial charge < -0.3 is 9.64 Å². The summed E-state index contributed by atoms with van der Waals surface area (Å²) in [6.45, 7) is 1.96. The van der Waals surface area contributed by atoms with Gasteiger partial charge in [-0.25, -0.2) is 8.42 Å². The van der Waals surface area contributed by atoms with Crippen molar-refractivity contribution in [3.63, 3.8) is 0 Å². The van der Waals surface area contributed by atoms with Crippen LogP contribution in [0.15, 0.2) is 91.3 Å². The van der Waals surface area contributed by atoms with Crippen LogP contribution in [0.2, 0.25) is 0 Å². The molecule has 2 heterocycles. The minimum Gasteiger partial charge on any atom is -0.378 e. The summed E-state index contributed by atoms with van der Waals surface area (Å²) in [5.74, 6) is -2.90. The van der Waals surface area contributed by atoms with Crippen molar-refractivity contribution >= 4 is 38.7 Å². The molecular weight excluding hydrogens is 540 g/mol. The number of benzene rings is 3. The van der Waals surface area contributed by atoms with Crippen LogP contribution in [0.3, 0.4) is 0 Å². The molecule has 1 aromatic heterocycles. The van der Waals surface area contributed by atoms with Crippen molar-refractivity contribution in [2.24, 2.45) is 5.92 Å². The number of nitrogens with zero attached hydrogens (tertiary/aromatic N) is 3. The molecule has 0 spiro atoms. The second kappa shape index (κ2) is 12.9. The fraction of sp³-hybridized carbons (Fsp3) is 0.258. The molecule has 1 atom stereocenters. The van der Waals surface area contributed by atoms with Gasteiger partial charge in [-0.15, -0.1) is 0 Å². The van der Waals surface area contributed by atoms with Gasteiger partial charge in [-0.05, 0) is 39.9 Å². The number of rotatable bonds is 10. The summed E-state index contributed by atoms with van der Waals surface area (Å²) in [6.07, 6.45) is 6.61. The highest BCUT2D eigenvalue weighted by atomic mass is 32.2. The maximum Gasteiger partial charge on any atom is 0.246 e. The molecule has 1 unspecified atom stereocenters. The van der Waals surface area contributed by atoms with Crippen molar-refractivity contribution in [3.05, 3.63) is 108 Å². The van der Waals surface area contributed by atoms with E-state index in [1.165, 1.54) is 6.08 Å². The van der Waals surface area contributed by atoms with Gasteiger partial charge in [0.05, 0.1) is 31.7 Å². The van der Waals surface area contributed by atoms with Crippen LogP contribution in [0.1, 0.15) is 16.7 Å². The Morgan fingerprint density at radius 3 is 2.46 bits per heavy atom. The number of carbonyl (C=O) groups is 2. The zero-order valence-electron chi connectivity index (χ0n) is 22.6. The first-order valence-corrected chi connectivity index (χ1v) is 15.1. The summed E-state index contributed by atoms with van der Waals surface area (Å²) in [5.41, 5.74) is 2.57. The number of carbonyl (C=O) groups excluding carboxylic acids is 2. The van der Waals surface area contributed by atoms with E-state index < -0.39 is 33.5 Å². The Kier molecular flexibility index (Phi) is 8.91. The number of aromatic nitrogens is 2. The lowest BCUT2D eigenvalue weighted by atomic mass is 9.99. The Morgan fingerprint density at radius 2 is 1.68 bits per heavy atom. The maximum atomic E-state index is 13.4. The molecule has 4 aromatic rings. The van der Waals surface area contributed by atoms with Gasteiger partial charge in [0.25, 0.3) is 0 Å². The second-order valence-electron chi connectivity index (χ2n) is 9.98. The summed E-state index contributed by atoms with van der Waals surface area (Å²) in [7, 11) is -4.03. The summed E-state index contributed by atoms with van der Waals surface area (Å²) >= 11 is 0. The summed E-state index contributed by atoms with van der Waals surface area (Å²) in [5, 5.41) is 6.50. The number of sulfonamides is 1. The van der Waals surface area contributed by atoms with Crippen molar-refractivity contribution < 1.29 is 22.7 Å². The van der Waals surface area contributed by atoms with E-state index in [1.807, 2.05) is 72.8 Å². The molecular formula is C31H32N4O5S. The quantitative estimate of drug-likeness (QED) is 0.292. The van der Waals surface area contributed by atoms with Crippen LogP contribution < -0.4 is 4.72 Å². The predicted octanol–water partition coefficient (Wildman–Crippen LogP) is 3.26. The molecule has 212 valence electrons. The lowest BCUT2D eigenvalue weighted by molar-refractivity contribution is -0.144. The number of ether oxygens (including phenoxy) is 1. The van der Waals surface area contributed by atoms with Crippen molar-refractivity contribution in [1.82, 2.24) is 19.4 Å². The van der Waals surface area contributed by atoms with E-state index in [-0.39, 0.29) is 6.42 Å². The predicted molar refractivity (Wildman–Crippen MR) is 157 cm³/mol. The molecule has 5 rings (SSSR count). The molecule has 1 aliphatic rings. The third kappa shape index (κ3) is 7.68. The van der Waals surface area contributed by atoms with E-state index in [0.717, 1.165) is 21.9 Å². The standard InChI is InChI=1S/C31H32N4O5S/c36-30(33-41(38,39)18-6-9-24-12-13-27-10-4-5-11-28(27)19-24)29(31(37)34-14-16-40-17-15-34)20-26-21-32-35(23-26)22-25-7-2-1-3-8-25/h1-13,19,21,23,29H,14-18,20,22H2,(H,33,36). The first kappa shape index (κ1) is 28.3. The normalized spacial score (nSPS) is 14.8. The molecule has 0 bridgehead atoms. The van der Waals surface area contributed by atoms with Crippen molar-refractivity contribution in [2.75, 3.05) is 32.1 Å². The lowest BCUT2D eigenvalue weighted by Crippen LogP contribution is -2.49. The lowest BCUT2D eigenvalue weighted by Gasteiger charge is -2.29. The van der Waals surface area contributed by atoms with Crippen LogP contribution in [0.5, 0.6) is 0 Å². The van der Waals surface area contributed by atoms with Gasteiger partial charge in [-0.2, -0.15) is 5.10 Å². The molecule has 1 saturated heterocycles. The van der Waals surface area contributed by atoms with Crippen LogP contribution in [0.25, 0.3) is 16.8 Å². The summed E-state index contributed by atoms with van der Waals surface area (Å²) in [4.78, 5) is 28.3.